The van der Waals surface area contributed by atoms with Gasteiger partial charge in [-0.3, -0.25) is 4.79 Å². The van der Waals surface area contributed by atoms with Crippen LogP contribution < -0.4 is 5.32 Å². The van der Waals surface area contributed by atoms with E-state index >= 15 is 0 Å². The maximum absolute atomic E-state index is 12.4. The molecule has 2 aliphatic heterocycles. The maximum Gasteiger partial charge on any atom is 0.240 e. The number of fused-ring (bicyclic) bond motifs is 1. The minimum Gasteiger partial charge on any atom is -0.380 e. The minimum atomic E-state index is -0.0601. The van der Waals surface area contributed by atoms with Crippen LogP contribution in [0.4, 0.5) is 0 Å². The van der Waals surface area contributed by atoms with Gasteiger partial charge in [0.2, 0.25) is 5.91 Å². The first-order chi connectivity index (χ1) is 8.78. The van der Waals surface area contributed by atoms with Gasteiger partial charge in [-0.1, -0.05) is 0 Å². The van der Waals surface area contributed by atoms with Gasteiger partial charge in [-0.15, -0.1) is 11.3 Å². The smallest absolute Gasteiger partial charge is 0.240 e. The predicted octanol–water partition coefficient (Wildman–Crippen LogP) is 1.01. The fraction of sp³-hybridized carbons (Fsp3) is 0.615. The van der Waals surface area contributed by atoms with Crippen molar-refractivity contribution in [1.82, 2.24) is 10.2 Å². The SMILES string of the molecule is COC1CNC(C(=O)N2CCc3sccc3C2)C1. The molecular weight excluding hydrogens is 248 g/mol. The molecular formula is C13H18N2O2S. The van der Waals surface area contributed by atoms with Crippen LogP contribution >= 0.6 is 11.3 Å². The summed E-state index contributed by atoms with van der Waals surface area (Å²) in [6.45, 7) is 2.40. The normalized spacial score (nSPS) is 27.3. The average molecular weight is 266 g/mol. The summed E-state index contributed by atoms with van der Waals surface area (Å²) in [6, 6.07) is 2.08. The van der Waals surface area contributed by atoms with Crippen molar-refractivity contribution in [2.45, 2.75) is 31.5 Å². The van der Waals surface area contributed by atoms with Gasteiger partial charge in [0.25, 0.3) is 0 Å². The summed E-state index contributed by atoms with van der Waals surface area (Å²) >= 11 is 1.80. The molecule has 1 N–H and O–H groups in total. The molecule has 2 aliphatic rings. The lowest BCUT2D eigenvalue weighted by molar-refractivity contribution is -0.134. The van der Waals surface area contributed by atoms with Crippen LogP contribution in [0.2, 0.25) is 0 Å². The number of rotatable bonds is 2. The topological polar surface area (TPSA) is 41.6 Å². The molecule has 4 nitrogen and oxygen atoms in total. The third-order valence-electron chi connectivity index (χ3n) is 3.84. The maximum atomic E-state index is 12.4. The number of nitrogens with zero attached hydrogens (tertiary/aromatic N) is 1. The fourth-order valence-electron chi connectivity index (χ4n) is 2.73. The lowest BCUT2D eigenvalue weighted by Gasteiger charge is -2.29. The van der Waals surface area contributed by atoms with Crippen LogP contribution in [-0.2, 0) is 22.5 Å². The number of hydrogen-bond donors (Lipinski definition) is 1. The zero-order valence-corrected chi connectivity index (χ0v) is 11.3. The third-order valence-corrected chi connectivity index (χ3v) is 4.86. The van der Waals surface area contributed by atoms with Crippen LogP contribution in [0.25, 0.3) is 0 Å². The Balaban J connectivity index is 1.64. The van der Waals surface area contributed by atoms with E-state index in [1.54, 1.807) is 18.4 Å². The number of methoxy groups -OCH3 is 1. The average Bonchev–Trinajstić information content (AvgIpc) is 3.05. The van der Waals surface area contributed by atoms with Crippen molar-refractivity contribution in [1.29, 1.82) is 0 Å². The van der Waals surface area contributed by atoms with Crippen molar-refractivity contribution < 1.29 is 9.53 Å². The van der Waals surface area contributed by atoms with Crippen LogP contribution in [-0.4, -0.2) is 43.2 Å². The van der Waals surface area contributed by atoms with E-state index in [-0.39, 0.29) is 18.1 Å². The Morgan fingerprint density at radius 3 is 3.28 bits per heavy atom. The van der Waals surface area contributed by atoms with Gasteiger partial charge in [0.15, 0.2) is 0 Å². The van der Waals surface area contributed by atoms with E-state index in [4.69, 9.17) is 4.74 Å². The molecule has 3 rings (SSSR count). The van der Waals surface area contributed by atoms with Crippen LogP contribution in [0.3, 0.4) is 0 Å². The minimum absolute atomic E-state index is 0.0601. The molecule has 1 aromatic rings. The molecule has 1 saturated heterocycles. The van der Waals surface area contributed by atoms with E-state index in [0.29, 0.717) is 0 Å². The summed E-state index contributed by atoms with van der Waals surface area (Å²) in [6.07, 6.45) is 1.97. The van der Waals surface area contributed by atoms with Crippen molar-refractivity contribution in [3.05, 3.63) is 21.9 Å². The molecule has 0 spiro atoms. The number of hydrogen-bond acceptors (Lipinski definition) is 4. The highest BCUT2D eigenvalue weighted by atomic mass is 32.1. The van der Waals surface area contributed by atoms with Crippen LogP contribution in [0.1, 0.15) is 16.9 Å². The van der Waals surface area contributed by atoms with Gasteiger partial charge in [0.05, 0.1) is 12.1 Å². The van der Waals surface area contributed by atoms with Gasteiger partial charge in [0.1, 0.15) is 0 Å². The zero-order chi connectivity index (χ0) is 12.5. The number of nitrogens with one attached hydrogen (secondary N) is 1. The molecule has 0 aliphatic carbocycles. The Bertz CT molecular complexity index is 446. The monoisotopic (exact) mass is 266 g/mol. The first-order valence-electron chi connectivity index (χ1n) is 6.38. The largest absolute Gasteiger partial charge is 0.380 e. The molecule has 1 aromatic heterocycles. The van der Waals surface area contributed by atoms with Gasteiger partial charge in [0, 0.05) is 31.6 Å². The highest BCUT2D eigenvalue weighted by Crippen LogP contribution is 2.25. The molecule has 1 fully saturated rings. The van der Waals surface area contributed by atoms with Gasteiger partial charge in [-0.2, -0.15) is 0 Å². The van der Waals surface area contributed by atoms with Gasteiger partial charge in [-0.25, -0.2) is 0 Å². The molecule has 1 amide bonds. The summed E-state index contributed by atoms with van der Waals surface area (Å²) < 4.78 is 5.29. The number of carbonyl (C=O) groups excluding carboxylic acids is 1. The van der Waals surface area contributed by atoms with Crippen molar-refractivity contribution in [3.63, 3.8) is 0 Å². The second-order valence-corrected chi connectivity index (χ2v) is 5.93. The highest BCUT2D eigenvalue weighted by Gasteiger charge is 2.33. The first-order valence-corrected chi connectivity index (χ1v) is 7.26. The van der Waals surface area contributed by atoms with E-state index in [2.05, 4.69) is 16.8 Å². The second kappa shape index (κ2) is 4.99. The molecule has 18 heavy (non-hydrogen) atoms. The second-order valence-electron chi connectivity index (χ2n) is 4.93. The van der Waals surface area contributed by atoms with Crippen LogP contribution in [0.5, 0.6) is 0 Å². The quantitative estimate of drug-likeness (QED) is 0.868. The number of amides is 1. The van der Waals surface area contributed by atoms with Crippen LogP contribution in [0, 0.1) is 0 Å². The van der Waals surface area contributed by atoms with E-state index in [1.165, 1.54) is 10.4 Å². The summed E-state index contributed by atoms with van der Waals surface area (Å²) in [4.78, 5) is 15.8. The number of thiophene rings is 1. The van der Waals surface area contributed by atoms with Crippen molar-refractivity contribution in [2.75, 3.05) is 20.2 Å². The Kier molecular flexibility index (Phi) is 3.37. The van der Waals surface area contributed by atoms with E-state index < -0.39 is 0 Å². The van der Waals surface area contributed by atoms with Crippen molar-refractivity contribution >= 4 is 17.2 Å². The van der Waals surface area contributed by atoms with Crippen molar-refractivity contribution in [3.8, 4) is 0 Å². The first kappa shape index (κ1) is 12.1. The zero-order valence-electron chi connectivity index (χ0n) is 10.5. The Hall–Kier alpha value is -0.910. The molecule has 0 saturated carbocycles. The summed E-state index contributed by atoms with van der Waals surface area (Å²) in [5.74, 6) is 0.228. The molecule has 0 radical (unpaired) electrons. The number of ether oxygens (including phenoxy) is 1. The fourth-order valence-corrected chi connectivity index (χ4v) is 3.62. The Morgan fingerprint density at radius 2 is 2.50 bits per heavy atom. The standard InChI is InChI=1S/C13H18N2O2S/c1-17-10-6-11(14-7-10)13(16)15-4-2-12-9(8-15)3-5-18-12/h3,5,10-11,14H,2,4,6-8H2,1H3. The molecule has 2 atom stereocenters. The van der Waals surface area contributed by atoms with Gasteiger partial charge < -0.3 is 15.0 Å². The molecule has 3 heterocycles. The lowest BCUT2D eigenvalue weighted by atomic mass is 10.1. The number of carbonyl (C=O) groups is 1. The van der Waals surface area contributed by atoms with Crippen molar-refractivity contribution in [2.24, 2.45) is 0 Å². The summed E-state index contributed by atoms with van der Waals surface area (Å²) in [5, 5.41) is 5.38. The molecule has 0 aromatic carbocycles. The van der Waals surface area contributed by atoms with E-state index in [0.717, 1.165) is 32.5 Å². The molecule has 2 unspecified atom stereocenters. The van der Waals surface area contributed by atoms with E-state index in [9.17, 15) is 4.79 Å². The van der Waals surface area contributed by atoms with Gasteiger partial charge >= 0.3 is 0 Å². The molecule has 98 valence electrons. The summed E-state index contributed by atoms with van der Waals surface area (Å²) in [5.41, 5.74) is 1.32. The Labute approximate surface area is 111 Å². The molecule has 0 bridgehead atoms. The van der Waals surface area contributed by atoms with E-state index in [1.807, 2.05) is 4.90 Å². The Morgan fingerprint density at radius 1 is 1.61 bits per heavy atom. The predicted molar refractivity (Wildman–Crippen MR) is 70.6 cm³/mol. The molecule has 5 heteroatoms. The lowest BCUT2D eigenvalue weighted by Crippen LogP contribution is -2.45. The third kappa shape index (κ3) is 2.18. The van der Waals surface area contributed by atoms with Gasteiger partial charge in [-0.05, 0) is 29.9 Å². The van der Waals surface area contributed by atoms with Crippen LogP contribution in [0.15, 0.2) is 11.4 Å². The highest BCUT2D eigenvalue weighted by molar-refractivity contribution is 7.10. The summed E-state index contributed by atoms with van der Waals surface area (Å²) in [7, 11) is 1.71.